The number of fused-ring (bicyclic) bond motifs is 1. The van der Waals surface area contributed by atoms with E-state index in [1.807, 2.05) is 19.1 Å². The zero-order valence-electron chi connectivity index (χ0n) is 15.9. The molecule has 0 amide bonds. The van der Waals surface area contributed by atoms with Crippen LogP contribution in [0.15, 0.2) is 70.8 Å². The number of sulfonamides is 1. The van der Waals surface area contributed by atoms with Crippen molar-refractivity contribution in [2.75, 3.05) is 6.54 Å². The van der Waals surface area contributed by atoms with Crippen molar-refractivity contribution in [1.82, 2.24) is 4.72 Å². The van der Waals surface area contributed by atoms with Crippen LogP contribution in [0.5, 0.6) is 0 Å². The van der Waals surface area contributed by atoms with E-state index in [-0.39, 0.29) is 0 Å². The van der Waals surface area contributed by atoms with Gasteiger partial charge in [-0.1, -0.05) is 42.0 Å². The Morgan fingerprint density at radius 1 is 0.963 bits per heavy atom. The number of hydrogen-bond donors (Lipinski definition) is 1. The van der Waals surface area contributed by atoms with Gasteiger partial charge in [-0.3, -0.25) is 0 Å². The van der Waals surface area contributed by atoms with E-state index in [4.69, 9.17) is 0 Å². The molecular weight excluding hydrogens is 354 g/mol. The zero-order chi connectivity index (χ0) is 19.1. The Morgan fingerprint density at radius 2 is 1.59 bits per heavy atom. The maximum Gasteiger partial charge on any atom is 0.240 e. The van der Waals surface area contributed by atoms with Crippen LogP contribution >= 0.6 is 0 Å². The molecule has 4 heteroatoms. The largest absolute Gasteiger partial charge is 0.240 e. The molecule has 0 spiro atoms. The SMILES string of the molecule is Cc1ccc(S(=O)(=O)NCCCC=C=C2CCc3ccccc3CC2)cc1. The van der Waals surface area contributed by atoms with Crippen LogP contribution in [-0.4, -0.2) is 15.0 Å². The van der Waals surface area contributed by atoms with Crippen molar-refractivity contribution in [2.24, 2.45) is 0 Å². The summed E-state index contributed by atoms with van der Waals surface area (Å²) < 4.78 is 27.1. The van der Waals surface area contributed by atoms with E-state index in [2.05, 4.69) is 40.8 Å². The third-order valence-corrected chi connectivity index (χ3v) is 6.44. The average molecular weight is 382 g/mol. The summed E-state index contributed by atoms with van der Waals surface area (Å²) in [5.74, 6) is 0. The van der Waals surface area contributed by atoms with Gasteiger partial charge in [0.25, 0.3) is 0 Å². The summed E-state index contributed by atoms with van der Waals surface area (Å²) in [5.41, 5.74) is 8.78. The quantitative estimate of drug-likeness (QED) is 0.447. The Kier molecular flexibility index (Phi) is 6.68. The number of unbranched alkanes of at least 4 members (excludes halogenated alkanes) is 1. The van der Waals surface area contributed by atoms with Gasteiger partial charge in [0.05, 0.1) is 4.90 Å². The predicted molar refractivity (Wildman–Crippen MR) is 110 cm³/mol. The Labute approximate surface area is 162 Å². The van der Waals surface area contributed by atoms with Crippen LogP contribution < -0.4 is 4.72 Å². The van der Waals surface area contributed by atoms with E-state index >= 15 is 0 Å². The highest BCUT2D eigenvalue weighted by Gasteiger charge is 2.12. The molecule has 142 valence electrons. The van der Waals surface area contributed by atoms with Crippen LogP contribution in [-0.2, 0) is 22.9 Å². The van der Waals surface area contributed by atoms with E-state index in [0.29, 0.717) is 11.4 Å². The molecule has 2 aromatic rings. The van der Waals surface area contributed by atoms with Gasteiger partial charge in [-0.25, -0.2) is 13.1 Å². The summed E-state index contributed by atoms with van der Waals surface area (Å²) in [5, 5.41) is 0. The molecule has 0 aliphatic heterocycles. The molecule has 0 fully saturated rings. The number of hydrogen-bond acceptors (Lipinski definition) is 2. The fraction of sp³-hybridized carbons (Fsp3) is 0.348. The second kappa shape index (κ2) is 9.18. The molecule has 27 heavy (non-hydrogen) atoms. The number of nitrogens with one attached hydrogen (secondary N) is 1. The summed E-state index contributed by atoms with van der Waals surface area (Å²) in [6.45, 7) is 2.38. The van der Waals surface area contributed by atoms with Crippen molar-refractivity contribution in [3.05, 3.63) is 82.6 Å². The van der Waals surface area contributed by atoms with Crippen molar-refractivity contribution in [3.63, 3.8) is 0 Å². The predicted octanol–water partition coefficient (Wildman–Crippen LogP) is 4.71. The summed E-state index contributed by atoms with van der Waals surface area (Å²) in [6.07, 6.45) is 7.95. The van der Waals surface area contributed by atoms with E-state index in [1.165, 1.54) is 16.7 Å². The topological polar surface area (TPSA) is 46.2 Å². The third-order valence-electron chi connectivity index (χ3n) is 4.97. The summed E-state index contributed by atoms with van der Waals surface area (Å²) in [6, 6.07) is 15.6. The van der Waals surface area contributed by atoms with Gasteiger partial charge in [0, 0.05) is 6.54 Å². The number of allylic oxidation sites excluding steroid dienone is 1. The van der Waals surface area contributed by atoms with Crippen LogP contribution in [0.2, 0.25) is 0 Å². The molecule has 2 aromatic carbocycles. The Hall–Kier alpha value is -2.13. The molecule has 0 aromatic heterocycles. The summed E-state index contributed by atoms with van der Waals surface area (Å²) >= 11 is 0. The standard InChI is InChI=1S/C23H27NO2S/c1-19-10-16-23(17-11-19)27(25,26)24-18-6-2-3-7-20-12-14-21-8-4-5-9-22(21)15-13-20/h3-5,8-11,16-17,24H,2,6,12-15,18H2,1H3. The van der Waals surface area contributed by atoms with E-state index in [1.54, 1.807) is 12.1 Å². The number of aryl methyl sites for hydroxylation is 3. The van der Waals surface area contributed by atoms with Gasteiger partial charge in [-0.05, 0) is 80.4 Å². The maximum absolute atomic E-state index is 12.2. The lowest BCUT2D eigenvalue weighted by atomic mass is 10.0. The molecular formula is C23H27NO2S. The number of rotatable bonds is 6. The van der Waals surface area contributed by atoms with Crippen molar-refractivity contribution >= 4 is 10.0 Å². The molecule has 0 atom stereocenters. The fourth-order valence-corrected chi connectivity index (χ4v) is 4.39. The van der Waals surface area contributed by atoms with Crippen LogP contribution in [0.1, 0.15) is 42.4 Å². The molecule has 3 nitrogen and oxygen atoms in total. The monoisotopic (exact) mass is 381 g/mol. The van der Waals surface area contributed by atoms with Crippen LogP contribution in [0, 0.1) is 6.92 Å². The fourth-order valence-electron chi connectivity index (χ4n) is 3.31. The molecule has 0 unspecified atom stereocenters. The minimum absolute atomic E-state index is 0.323. The Balaban J connectivity index is 1.46. The van der Waals surface area contributed by atoms with E-state index in [9.17, 15) is 8.42 Å². The van der Waals surface area contributed by atoms with Gasteiger partial charge in [0.1, 0.15) is 0 Å². The molecule has 1 aliphatic rings. The summed E-state index contributed by atoms with van der Waals surface area (Å²) in [7, 11) is -3.41. The normalized spacial score (nSPS) is 14.2. The minimum atomic E-state index is -3.41. The second-order valence-electron chi connectivity index (χ2n) is 7.07. The highest BCUT2D eigenvalue weighted by Crippen LogP contribution is 2.23. The lowest BCUT2D eigenvalue weighted by Gasteiger charge is -2.06. The molecule has 0 saturated carbocycles. The van der Waals surface area contributed by atoms with Gasteiger partial charge in [0.15, 0.2) is 0 Å². The van der Waals surface area contributed by atoms with Gasteiger partial charge < -0.3 is 0 Å². The van der Waals surface area contributed by atoms with Gasteiger partial charge in [-0.2, -0.15) is 0 Å². The first-order chi connectivity index (χ1) is 13.0. The highest BCUT2D eigenvalue weighted by atomic mass is 32.2. The minimum Gasteiger partial charge on any atom is -0.211 e. The third kappa shape index (κ3) is 5.67. The highest BCUT2D eigenvalue weighted by molar-refractivity contribution is 7.89. The molecule has 1 N–H and O–H groups in total. The van der Waals surface area contributed by atoms with E-state index < -0.39 is 10.0 Å². The van der Waals surface area contributed by atoms with Crippen LogP contribution in [0.25, 0.3) is 0 Å². The van der Waals surface area contributed by atoms with Gasteiger partial charge >= 0.3 is 0 Å². The molecule has 0 radical (unpaired) electrons. The second-order valence-corrected chi connectivity index (χ2v) is 8.84. The summed E-state index contributed by atoms with van der Waals surface area (Å²) in [4.78, 5) is 0.323. The maximum atomic E-state index is 12.2. The first kappa shape index (κ1) is 19.6. The first-order valence-electron chi connectivity index (χ1n) is 9.60. The molecule has 1 aliphatic carbocycles. The molecule has 0 heterocycles. The lowest BCUT2D eigenvalue weighted by Crippen LogP contribution is -2.24. The van der Waals surface area contributed by atoms with E-state index in [0.717, 1.165) is 44.1 Å². The van der Waals surface area contributed by atoms with Crippen molar-refractivity contribution < 1.29 is 8.42 Å². The Bertz CT molecular complexity index is 908. The smallest absolute Gasteiger partial charge is 0.211 e. The number of benzene rings is 2. The Morgan fingerprint density at radius 3 is 2.22 bits per heavy atom. The van der Waals surface area contributed by atoms with Crippen molar-refractivity contribution in [3.8, 4) is 0 Å². The molecule has 3 rings (SSSR count). The molecule has 0 bridgehead atoms. The van der Waals surface area contributed by atoms with Gasteiger partial charge in [0.2, 0.25) is 10.0 Å². The first-order valence-corrected chi connectivity index (χ1v) is 11.1. The lowest BCUT2D eigenvalue weighted by molar-refractivity contribution is 0.579. The average Bonchev–Trinajstić information content (AvgIpc) is 2.87. The van der Waals surface area contributed by atoms with Crippen molar-refractivity contribution in [1.29, 1.82) is 0 Å². The zero-order valence-corrected chi connectivity index (χ0v) is 16.7. The van der Waals surface area contributed by atoms with Crippen LogP contribution in [0.4, 0.5) is 0 Å². The van der Waals surface area contributed by atoms with Crippen LogP contribution in [0.3, 0.4) is 0 Å². The van der Waals surface area contributed by atoms with Gasteiger partial charge in [-0.15, -0.1) is 5.73 Å². The van der Waals surface area contributed by atoms with Crippen molar-refractivity contribution in [2.45, 2.75) is 50.3 Å². The molecule has 0 saturated heterocycles.